The third-order valence-corrected chi connectivity index (χ3v) is 6.62. The van der Waals surface area contributed by atoms with Gasteiger partial charge in [0.05, 0.1) is 11.6 Å². The largest absolute Gasteiger partial charge is 0.487 e. The van der Waals surface area contributed by atoms with E-state index in [4.69, 9.17) is 16.3 Å². The summed E-state index contributed by atoms with van der Waals surface area (Å²) in [4.78, 5) is 4.31. The number of nitrogens with one attached hydrogen (secondary N) is 2. The van der Waals surface area contributed by atoms with Crippen molar-refractivity contribution in [3.63, 3.8) is 0 Å². The molecule has 8 heteroatoms. The van der Waals surface area contributed by atoms with Gasteiger partial charge in [-0.15, -0.1) is 24.0 Å². The monoisotopic (exact) mass is 527 g/mol. The molecule has 1 aromatic carbocycles. The van der Waals surface area contributed by atoms with Gasteiger partial charge in [-0.25, -0.2) is 0 Å². The Hall–Kier alpha value is -0.540. The summed E-state index contributed by atoms with van der Waals surface area (Å²) in [5, 5.41) is 7.69. The molecule has 1 aliphatic carbocycles. The van der Waals surface area contributed by atoms with Crippen molar-refractivity contribution in [1.82, 2.24) is 10.6 Å². The van der Waals surface area contributed by atoms with Crippen LogP contribution in [0.3, 0.4) is 0 Å². The minimum Gasteiger partial charge on any atom is -0.487 e. The van der Waals surface area contributed by atoms with Crippen molar-refractivity contribution in [1.29, 1.82) is 0 Å². The number of hydrogen-bond donors (Lipinski definition) is 2. The van der Waals surface area contributed by atoms with E-state index in [0.717, 1.165) is 37.4 Å². The predicted molar refractivity (Wildman–Crippen MR) is 126 cm³/mol. The zero-order valence-corrected chi connectivity index (χ0v) is 20.1. The van der Waals surface area contributed by atoms with Crippen molar-refractivity contribution in [3.8, 4) is 5.75 Å². The molecule has 2 N–H and O–H groups in total. The minimum atomic E-state index is -0.720. The van der Waals surface area contributed by atoms with Gasteiger partial charge in [0.25, 0.3) is 0 Å². The summed E-state index contributed by atoms with van der Waals surface area (Å²) in [6.45, 7) is 4.60. The summed E-state index contributed by atoms with van der Waals surface area (Å²) >= 11 is 6.13. The highest BCUT2D eigenvalue weighted by molar-refractivity contribution is 14.0. The molecular formula is C19H31ClIN3O2S. The topological polar surface area (TPSA) is 62.7 Å². The van der Waals surface area contributed by atoms with Crippen LogP contribution in [-0.2, 0) is 10.8 Å². The van der Waals surface area contributed by atoms with E-state index >= 15 is 0 Å². The average molecular weight is 528 g/mol. The van der Waals surface area contributed by atoms with Gasteiger partial charge >= 0.3 is 0 Å². The molecule has 1 aliphatic rings. The Balaban J connectivity index is 0.00000364. The molecule has 4 atom stereocenters. The smallest absolute Gasteiger partial charge is 0.191 e. The highest BCUT2D eigenvalue weighted by Gasteiger charge is 2.26. The van der Waals surface area contributed by atoms with E-state index in [9.17, 15) is 4.21 Å². The highest BCUT2D eigenvalue weighted by atomic mass is 127. The average Bonchev–Trinajstić information content (AvgIpc) is 2.66. The number of aliphatic imine (C=N–C) groups is 1. The number of rotatable bonds is 7. The van der Waals surface area contributed by atoms with Gasteiger partial charge in [0.15, 0.2) is 5.96 Å². The first-order valence-corrected chi connectivity index (χ1v) is 11.0. The Morgan fingerprint density at radius 1 is 1.41 bits per heavy atom. The molecule has 0 aromatic heterocycles. The van der Waals surface area contributed by atoms with Gasteiger partial charge in [-0.2, -0.15) is 0 Å². The summed E-state index contributed by atoms with van der Waals surface area (Å²) in [6, 6.07) is 7.78. The van der Waals surface area contributed by atoms with Crippen LogP contribution in [0.2, 0.25) is 5.02 Å². The van der Waals surface area contributed by atoms with Crippen LogP contribution in [0.4, 0.5) is 0 Å². The van der Waals surface area contributed by atoms with Gasteiger partial charge in [0.2, 0.25) is 0 Å². The van der Waals surface area contributed by atoms with Gasteiger partial charge in [0.1, 0.15) is 11.9 Å². The Labute approximate surface area is 187 Å². The van der Waals surface area contributed by atoms with Crippen LogP contribution in [0.5, 0.6) is 5.75 Å². The van der Waals surface area contributed by atoms with E-state index in [1.807, 2.05) is 38.1 Å². The molecule has 0 spiro atoms. The first-order valence-electron chi connectivity index (χ1n) is 9.29. The number of benzene rings is 1. The van der Waals surface area contributed by atoms with Crippen LogP contribution in [0.15, 0.2) is 29.3 Å². The Morgan fingerprint density at radius 2 is 2.15 bits per heavy atom. The Kier molecular flexibility index (Phi) is 11.6. The van der Waals surface area contributed by atoms with Gasteiger partial charge in [-0.05, 0) is 38.3 Å². The number of halogens is 2. The molecule has 0 aliphatic heterocycles. The quantitative estimate of drug-likeness (QED) is 0.320. The lowest BCUT2D eigenvalue weighted by Crippen LogP contribution is -2.48. The summed E-state index contributed by atoms with van der Waals surface area (Å²) in [6.07, 6.45) is 4.14. The molecule has 0 amide bonds. The van der Waals surface area contributed by atoms with Crippen LogP contribution < -0.4 is 15.4 Å². The molecule has 1 aromatic rings. The standard InChI is InChI=1S/C19H30ClN3O2S.HI/c1-4-26(24)16-9-7-8-15(12-16)23-19(21-3)22-13-14(2)25-18-11-6-5-10-17(18)20;/h5-6,10-11,14-16H,4,7-9,12-13H2,1-3H3,(H2,21,22,23);1H. The number of para-hydroxylation sites is 1. The fourth-order valence-corrected chi connectivity index (χ4v) is 4.71. The predicted octanol–water partition coefficient (Wildman–Crippen LogP) is 3.97. The van der Waals surface area contributed by atoms with E-state index in [2.05, 4.69) is 15.6 Å². The van der Waals surface area contributed by atoms with Crippen LogP contribution in [0.25, 0.3) is 0 Å². The van der Waals surface area contributed by atoms with Crippen LogP contribution in [-0.4, -0.2) is 46.9 Å². The zero-order chi connectivity index (χ0) is 18.9. The lowest BCUT2D eigenvalue weighted by atomic mass is 9.95. The number of hydrogen-bond acceptors (Lipinski definition) is 3. The first kappa shape index (κ1) is 24.5. The maximum absolute atomic E-state index is 12.1. The third-order valence-electron chi connectivity index (χ3n) is 4.57. The molecule has 5 nitrogen and oxygen atoms in total. The second-order valence-corrected chi connectivity index (χ2v) is 9.02. The molecule has 0 saturated heterocycles. The van der Waals surface area contributed by atoms with Crippen LogP contribution in [0, 0.1) is 0 Å². The van der Waals surface area contributed by atoms with Gasteiger partial charge < -0.3 is 15.4 Å². The maximum atomic E-state index is 12.1. The number of guanidine groups is 1. The molecular weight excluding hydrogens is 497 g/mol. The Bertz CT molecular complexity index is 633. The lowest BCUT2D eigenvalue weighted by Gasteiger charge is -2.30. The first-order chi connectivity index (χ1) is 12.5. The maximum Gasteiger partial charge on any atom is 0.191 e. The van der Waals surface area contributed by atoms with Gasteiger partial charge in [-0.3, -0.25) is 9.20 Å². The molecule has 1 fully saturated rings. The van der Waals surface area contributed by atoms with Crippen molar-refractivity contribution < 1.29 is 8.95 Å². The summed E-state index contributed by atoms with van der Waals surface area (Å²) in [7, 11) is 1.04. The fraction of sp³-hybridized carbons (Fsp3) is 0.632. The number of ether oxygens (including phenoxy) is 1. The second kappa shape index (κ2) is 12.8. The van der Waals surface area contributed by atoms with E-state index in [1.165, 1.54) is 0 Å². The molecule has 0 heterocycles. The minimum absolute atomic E-state index is 0. The van der Waals surface area contributed by atoms with Crippen molar-refractivity contribution in [3.05, 3.63) is 29.3 Å². The molecule has 0 bridgehead atoms. The SMILES string of the molecule is CCS(=O)C1CCCC(NC(=NC)NCC(C)Oc2ccccc2Cl)C1.I. The molecule has 154 valence electrons. The van der Waals surface area contributed by atoms with Crippen LogP contribution in [0.1, 0.15) is 39.5 Å². The summed E-state index contributed by atoms with van der Waals surface area (Å²) in [5.74, 6) is 2.18. The van der Waals surface area contributed by atoms with E-state index in [0.29, 0.717) is 28.6 Å². The normalized spacial score (nSPS) is 22.3. The van der Waals surface area contributed by atoms with Gasteiger partial charge in [0, 0.05) is 34.9 Å². The molecule has 4 unspecified atom stereocenters. The van der Waals surface area contributed by atoms with Crippen molar-refractivity contribution in [2.24, 2.45) is 4.99 Å². The summed E-state index contributed by atoms with van der Waals surface area (Å²) in [5.41, 5.74) is 0. The fourth-order valence-electron chi connectivity index (χ4n) is 3.18. The molecule has 27 heavy (non-hydrogen) atoms. The molecule has 0 radical (unpaired) electrons. The van der Waals surface area contributed by atoms with E-state index < -0.39 is 10.8 Å². The molecule has 1 saturated carbocycles. The molecule has 2 rings (SSSR count). The van der Waals surface area contributed by atoms with Crippen molar-refractivity contribution in [2.45, 2.75) is 56.9 Å². The zero-order valence-electron chi connectivity index (χ0n) is 16.2. The van der Waals surface area contributed by atoms with Crippen molar-refractivity contribution in [2.75, 3.05) is 19.3 Å². The third kappa shape index (κ3) is 8.15. The second-order valence-electron chi connectivity index (χ2n) is 6.61. The van der Waals surface area contributed by atoms with Gasteiger partial charge in [-0.1, -0.05) is 37.1 Å². The van der Waals surface area contributed by atoms with Crippen LogP contribution >= 0.6 is 35.6 Å². The highest BCUT2D eigenvalue weighted by Crippen LogP contribution is 2.24. The van der Waals surface area contributed by atoms with E-state index in [-0.39, 0.29) is 30.1 Å². The van der Waals surface area contributed by atoms with E-state index in [1.54, 1.807) is 7.05 Å². The van der Waals surface area contributed by atoms with Crippen molar-refractivity contribution >= 4 is 52.3 Å². The summed E-state index contributed by atoms with van der Waals surface area (Å²) < 4.78 is 18.0. The Morgan fingerprint density at radius 3 is 2.81 bits per heavy atom. The lowest BCUT2D eigenvalue weighted by molar-refractivity contribution is 0.223. The number of nitrogens with zero attached hydrogens (tertiary/aromatic N) is 1.